The van der Waals surface area contributed by atoms with Gasteiger partial charge in [-0.25, -0.2) is 0 Å². The van der Waals surface area contributed by atoms with E-state index in [2.05, 4.69) is 0 Å². The van der Waals surface area contributed by atoms with Gasteiger partial charge in [-0.2, -0.15) is 0 Å². The number of hydrogen-bond acceptors (Lipinski definition) is 10. The van der Waals surface area contributed by atoms with Crippen molar-refractivity contribution in [3.63, 3.8) is 0 Å². The van der Waals surface area contributed by atoms with Gasteiger partial charge in [-0.3, -0.25) is 19.2 Å². The Morgan fingerprint density at radius 2 is 1.21 bits per heavy atom. The van der Waals surface area contributed by atoms with Crippen LogP contribution >= 0.6 is 0 Å². The van der Waals surface area contributed by atoms with E-state index in [1.165, 1.54) is 0 Å². The van der Waals surface area contributed by atoms with E-state index in [0.29, 0.717) is 27.7 Å². The summed E-state index contributed by atoms with van der Waals surface area (Å²) >= 11 is 0. The van der Waals surface area contributed by atoms with Crippen molar-refractivity contribution in [2.75, 3.05) is 6.61 Å². The second kappa shape index (κ2) is 5.76. The number of aliphatic hydroxyl groups is 5. The maximum absolute atomic E-state index is 12.1. The first-order valence-corrected chi connectivity index (χ1v) is 6.91. The van der Waals surface area contributed by atoms with Crippen molar-refractivity contribution < 1.29 is 49.4 Å². The van der Waals surface area contributed by atoms with Gasteiger partial charge >= 0.3 is 0 Å². The van der Waals surface area contributed by atoms with E-state index in [1.807, 2.05) is 0 Å². The Balaban J connectivity index is 4.05. The van der Waals surface area contributed by atoms with E-state index in [1.54, 1.807) is 0 Å². The largest absolute Gasteiger partial charge is 0.394 e. The van der Waals surface area contributed by atoms with Gasteiger partial charge in [0.05, 0.1) is 6.61 Å². The Hall–Kier alpha value is -1.56. The summed E-state index contributed by atoms with van der Waals surface area (Å²) in [6, 6.07) is 0. The summed E-state index contributed by atoms with van der Waals surface area (Å²) in [5.74, 6) is -9.25. The van der Waals surface area contributed by atoms with Gasteiger partial charge < -0.3 is 30.3 Å². The topological polar surface area (TPSA) is 179 Å². The Kier molecular flexibility index (Phi) is 4.92. The molecule has 1 aliphatic heterocycles. The molecule has 0 aromatic heterocycles. The van der Waals surface area contributed by atoms with Gasteiger partial charge in [0.25, 0.3) is 5.79 Å². The maximum atomic E-state index is 12.1. The number of rotatable bonds is 5. The van der Waals surface area contributed by atoms with Crippen LogP contribution in [0.1, 0.15) is 27.7 Å². The zero-order chi connectivity index (χ0) is 19.3. The van der Waals surface area contributed by atoms with Gasteiger partial charge in [-0.15, -0.1) is 0 Å². The molecule has 1 rings (SSSR count). The highest BCUT2D eigenvalue weighted by molar-refractivity contribution is 6.08. The highest BCUT2D eigenvalue weighted by Gasteiger charge is 2.83. The third kappa shape index (κ3) is 1.98. The predicted molar refractivity (Wildman–Crippen MR) is 74.5 cm³/mol. The van der Waals surface area contributed by atoms with Crippen molar-refractivity contribution in [2.45, 2.75) is 56.4 Å². The molecule has 1 aliphatic rings. The number of carbonyl (C=O) groups excluding carboxylic acids is 4. The van der Waals surface area contributed by atoms with Gasteiger partial charge in [-0.1, -0.05) is 0 Å². The van der Waals surface area contributed by atoms with E-state index < -0.39 is 58.4 Å². The van der Waals surface area contributed by atoms with E-state index in [-0.39, 0.29) is 0 Å². The second-order valence-corrected chi connectivity index (χ2v) is 5.85. The third-order valence-corrected chi connectivity index (χ3v) is 4.54. The molecule has 24 heavy (non-hydrogen) atoms. The molecule has 0 saturated carbocycles. The number of hydrogen-bond donors (Lipinski definition) is 5. The molecule has 1 saturated heterocycles. The molecule has 1 heterocycles. The number of ether oxygens (including phenoxy) is 1. The normalized spacial score (nSPS) is 42.5. The van der Waals surface area contributed by atoms with Gasteiger partial charge in [0.1, 0.15) is 6.10 Å². The summed E-state index contributed by atoms with van der Waals surface area (Å²) < 4.78 is 4.79. The molecule has 0 radical (unpaired) electrons. The van der Waals surface area contributed by atoms with Crippen LogP contribution in [0.25, 0.3) is 0 Å². The summed E-state index contributed by atoms with van der Waals surface area (Å²) in [7, 11) is 0. The molecular weight excluding hydrogens is 328 g/mol. The molecule has 5 unspecified atom stereocenters. The first-order valence-electron chi connectivity index (χ1n) is 6.91. The molecule has 0 amide bonds. The predicted octanol–water partition coefficient (Wildman–Crippen LogP) is -3.38. The van der Waals surface area contributed by atoms with Crippen molar-refractivity contribution >= 4 is 23.1 Å². The van der Waals surface area contributed by atoms with E-state index in [0.717, 1.165) is 0 Å². The van der Waals surface area contributed by atoms with Gasteiger partial charge in [0.15, 0.2) is 28.7 Å². The van der Waals surface area contributed by atoms with Crippen molar-refractivity contribution in [1.29, 1.82) is 0 Å². The van der Waals surface area contributed by atoms with Crippen LogP contribution in [0, 0.1) is 0 Å². The molecule has 10 nitrogen and oxygen atoms in total. The molecular formula is C14H20O10. The Labute approximate surface area is 136 Å². The SMILES string of the molecule is CC(=O)C1(O)OC(CO)C(O)(C(C)=O)C(O)(C(C)=O)C1(O)C(C)=O. The van der Waals surface area contributed by atoms with Crippen LogP contribution in [0.2, 0.25) is 0 Å². The number of Topliss-reactive ketones (excluding diaryl/α,β-unsaturated/α-hetero) is 4. The van der Waals surface area contributed by atoms with Crippen molar-refractivity contribution in [1.82, 2.24) is 0 Å². The van der Waals surface area contributed by atoms with Crippen LogP contribution in [0.4, 0.5) is 0 Å². The lowest BCUT2D eigenvalue weighted by molar-refractivity contribution is -0.390. The van der Waals surface area contributed by atoms with Crippen molar-refractivity contribution in [3.05, 3.63) is 0 Å². The van der Waals surface area contributed by atoms with Crippen LogP contribution in [0.15, 0.2) is 0 Å². The Morgan fingerprint density at radius 1 is 0.792 bits per heavy atom. The van der Waals surface area contributed by atoms with Gasteiger partial charge in [-0.05, 0) is 20.8 Å². The molecule has 0 aromatic carbocycles. The fourth-order valence-electron chi connectivity index (χ4n) is 3.14. The average Bonchev–Trinajstić information content (AvgIpc) is 2.47. The number of carbonyl (C=O) groups is 4. The highest BCUT2D eigenvalue weighted by atomic mass is 16.7. The molecule has 5 atom stereocenters. The molecule has 5 N–H and O–H groups in total. The van der Waals surface area contributed by atoms with E-state index in [4.69, 9.17) is 4.74 Å². The van der Waals surface area contributed by atoms with Crippen molar-refractivity contribution in [3.8, 4) is 0 Å². The van der Waals surface area contributed by atoms with Crippen LogP contribution in [-0.2, 0) is 23.9 Å². The zero-order valence-electron chi connectivity index (χ0n) is 13.6. The lowest BCUT2D eigenvalue weighted by Gasteiger charge is -2.59. The first-order chi connectivity index (χ1) is 10.7. The minimum Gasteiger partial charge on any atom is -0.394 e. The molecule has 0 spiro atoms. The average molecular weight is 348 g/mol. The molecule has 1 fully saturated rings. The summed E-state index contributed by atoms with van der Waals surface area (Å²) in [6.45, 7) is 1.40. The number of ketones is 4. The minimum atomic E-state index is -3.70. The highest BCUT2D eigenvalue weighted by Crippen LogP contribution is 2.50. The lowest BCUT2D eigenvalue weighted by Crippen LogP contribution is -2.90. The Morgan fingerprint density at radius 3 is 1.46 bits per heavy atom. The van der Waals surface area contributed by atoms with Crippen LogP contribution in [-0.4, -0.2) is 84.0 Å². The summed E-state index contributed by atoms with van der Waals surface area (Å²) in [5, 5.41) is 52.0. The summed E-state index contributed by atoms with van der Waals surface area (Å²) in [5.41, 5.74) is -10.7. The summed E-state index contributed by atoms with van der Waals surface area (Å²) in [4.78, 5) is 47.9. The molecule has 10 heteroatoms. The fraction of sp³-hybridized carbons (Fsp3) is 0.714. The third-order valence-electron chi connectivity index (χ3n) is 4.54. The minimum absolute atomic E-state index is 0.616. The van der Waals surface area contributed by atoms with Crippen LogP contribution in [0.5, 0.6) is 0 Å². The molecule has 0 aromatic rings. The second-order valence-electron chi connectivity index (χ2n) is 5.85. The zero-order valence-corrected chi connectivity index (χ0v) is 13.6. The van der Waals surface area contributed by atoms with Crippen molar-refractivity contribution in [2.24, 2.45) is 0 Å². The smallest absolute Gasteiger partial charge is 0.267 e. The van der Waals surface area contributed by atoms with Crippen LogP contribution < -0.4 is 0 Å². The number of aliphatic hydroxyl groups excluding tert-OH is 1. The lowest BCUT2D eigenvalue weighted by atomic mass is 9.57. The quantitative estimate of drug-likeness (QED) is 0.336. The molecule has 0 bridgehead atoms. The monoisotopic (exact) mass is 348 g/mol. The Bertz CT molecular complexity index is 615. The first kappa shape index (κ1) is 20.5. The fourth-order valence-corrected chi connectivity index (χ4v) is 3.14. The van der Waals surface area contributed by atoms with E-state index in [9.17, 15) is 44.7 Å². The molecule has 136 valence electrons. The summed E-state index contributed by atoms with van der Waals surface area (Å²) in [6.07, 6.45) is -2.18. The standard InChI is InChI=1S/C14H20O10/c1-6(16)11(20)10(5-15)24-14(23,9(4)19)13(22,8(3)18)12(11,21)7(2)17/h10,15,20-23H,5H2,1-4H3. The van der Waals surface area contributed by atoms with Gasteiger partial charge in [0, 0.05) is 6.92 Å². The van der Waals surface area contributed by atoms with Gasteiger partial charge in [0.2, 0.25) is 11.2 Å². The van der Waals surface area contributed by atoms with Crippen LogP contribution in [0.3, 0.4) is 0 Å². The molecule has 0 aliphatic carbocycles. The van der Waals surface area contributed by atoms with E-state index >= 15 is 0 Å². The maximum Gasteiger partial charge on any atom is 0.267 e.